The summed E-state index contributed by atoms with van der Waals surface area (Å²) in [6.07, 6.45) is 0. The molecule has 1 atom stereocenters. The first-order valence-corrected chi connectivity index (χ1v) is 5.24. The predicted octanol–water partition coefficient (Wildman–Crippen LogP) is 1.75. The van der Waals surface area contributed by atoms with Gasteiger partial charge in [-0.25, -0.2) is 3.11 Å². The highest BCUT2D eigenvalue weighted by Crippen LogP contribution is 2.15. The number of hydrogen-bond donors (Lipinski definition) is 0. The lowest BCUT2D eigenvalue weighted by molar-refractivity contribution is 0.132. The van der Waals surface area contributed by atoms with Crippen LogP contribution in [0.3, 0.4) is 0 Å². The van der Waals surface area contributed by atoms with E-state index in [2.05, 4.69) is 51.6 Å². The molecule has 1 aliphatic heterocycles. The Labute approximate surface area is 83.4 Å². The van der Waals surface area contributed by atoms with Crippen molar-refractivity contribution in [3.63, 3.8) is 0 Å². The Hall–Kier alpha value is 0.650. The van der Waals surface area contributed by atoms with Crippen LogP contribution in [-0.2, 0) is 0 Å². The van der Waals surface area contributed by atoms with E-state index in [1.165, 1.54) is 19.6 Å². The predicted molar refractivity (Wildman–Crippen MR) is 56.9 cm³/mol. The van der Waals surface area contributed by atoms with E-state index < -0.39 is 0 Å². The summed E-state index contributed by atoms with van der Waals surface area (Å²) >= 11 is 2.42. The summed E-state index contributed by atoms with van der Waals surface area (Å²) in [6.45, 7) is 10.5. The minimum absolute atomic E-state index is 0.711. The van der Waals surface area contributed by atoms with Gasteiger partial charge in [-0.1, -0.05) is 0 Å². The Morgan fingerprint density at radius 2 is 2.00 bits per heavy atom. The summed E-state index contributed by atoms with van der Waals surface area (Å²) in [5.74, 6) is 0. The van der Waals surface area contributed by atoms with Crippen LogP contribution in [0.2, 0.25) is 0 Å². The second-order valence-electron chi connectivity index (χ2n) is 3.56. The molecule has 66 valence electrons. The third-order valence-electron chi connectivity index (χ3n) is 2.31. The van der Waals surface area contributed by atoms with E-state index in [1.807, 2.05) is 0 Å². The Bertz CT molecular complexity index is 127. The van der Waals surface area contributed by atoms with Crippen LogP contribution >= 0.6 is 22.9 Å². The molecule has 0 aromatic carbocycles. The van der Waals surface area contributed by atoms with Crippen LogP contribution in [0.5, 0.6) is 0 Å². The molecule has 11 heavy (non-hydrogen) atoms. The Morgan fingerprint density at radius 1 is 1.36 bits per heavy atom. The van der Waals surface area contributed by atoms with Gasteiger partial charge in [0.1, 0.15) is 0 Å². The van der Waals surface area contributed by atoms with E-state index in [-0.39, 0.29) is 0 Å². The summed E-state index contributed by atoms with van der Waals surface area (Å²) in [6, 6.07) is 1.43. The van der Waals surface area contributed by atoms with E-state index in [4.69, 9.17) is 0 Å². The van der Waals surface area contributed by atoms with E-state index in [1.54, 1.807) is 0 Å². The minimum atomic E-state index is 0.711. The molecule has 2 nitrogen and oxygen atoms in total. The fourth-order valence-corrected chi connectivity index (χ4v) is 1.82. The largest absolute Gasteiger partial charge is 0.298 e. The van der Waals surface area contributed by atoms with Crippen LogP contribution in [0.25, 0.3) is 0 Å². The molecular formula is C8H17IN2. The lowest BCUT2D eigenvalue weighted by atomic mass is 10.2. The van der Waals surface area contributed by atoms with Crippen molar-refractivity contribution >= 4 is 22.9 Å². The summed E-state index contributed by atoms with van der Waals surface area (Å²) in [4.78, 5) is 2.54. The molecule has 1 fully saturated rings. The molecule has 0 bridgehead atoms. The van der Waals surface area contributed by atoms with Crippen LogP contribution in [0.15, 0.2) is 0 Å². The van der Waals surface area contributed by atoms with Crippen molar-refractivity contribution in [2.45, 2.75) is 32.9 Å². The maximum absolute atomic E-state index is 2.54. The van der Waals surface area contributed by atoms with Gasteiger partial charge in [-0.3, -0.25) is 4.90 Å². The van der Waals surface area contributed by atoms with Crippen molar-refractivity contribution < 1.29 is 0 Å². The molecule has 0 unspecified atom stereocenters. The van der Waals surface area contributed by atoms with Gasteiger partial charge in [0.25, 0.3) is 0 Å². The zero-order valence-electron chi connectivity index (χ0n) is 7.55. The van der Waals surface area contributed by atoms with Gasteiger partial charge < -0.3 is 0 Å². The Kier molecular flexibility index (Phi) is 3.58. The molecule has 1 aliphatic rings. The van der Waals surface area contributed by atoms with Crippen LogP contribution in [0, 0.1) is 0 Å². The van der Waals surface area contributed by atoms with Crippen molar-refractivity contribution in [3.8, 4) is 0 Å². The third kappa shape index (κ3) is 2.56. The molecule has 0 amide bonds. The third-order valence-corrected chi connectivity index (χ3v) is 3.74. The van der Waals surface area contributed by atoms with Crippen LogP contribution in [0.4, 0.5) is 0 Å². The minimum Gasteiger partial charge on any atom is -0.298 e. The van der Waals surface area contributed by atoms with Crippen molar-refractivity contribution in [1.82, 2.24) is 8.01 Å². The van der Waals surface area contributed by atoms with Crippen molar-refractivity contribution in [1.29, 1.82) is 0 Å². The first-order valence-electron chi connectivity index (χ1n) is 4.27. The van der Waals surface area contributed by atoms with Gasteiger partial charge in [0.2, 0.25) is 0 Å². The van der Waals surface area contributed by atoms with Gasteiger partial charge in [-0.15, -0.1) is 0 Å². The Balaban J connectivity index is 2.40. The van der Waals surface area contributed by atoms with Crippen molar-refractivity contribution in [2.75, 3.05) is 19.6 Å². The first kappa shape index (κ1) is 9.74. The van der Waals surface area contributed by atoms with E-state index in [0.717, 1.165) is 0 Å². The summed E-state index contributed by atoms with van der Waals surface area (Å²) in [5.41, 5.74) is 0. The van der Waals surface area contributed by atoms with E-state index in [9.17, 15) is 0 Å². The molecule has 0 N–H and O–H groups in total. The molecule has 0 radical (unpaired) electrons. The van der Waals surface area contributed by atoms with Gasteiger partial charge in [-0.2, -0.15) is 0 Å². The Morgan fingerprint density at radius 3 is 2.45 bits per heavy atom. The average molecular weight is 268 g/mol. The number of rotatable bonds is 1. The molecular weight excluding hydrogens is 251 g/mol. The van der Waals surface area contributed by atoms with E-state index >= 15 is 0 Å². The maximum atomic E-state index is 2.54. The normalized spacial score (nSPS) is 29.7. The van der Waals surface area contributed by atoms with Gasteiger partial charge in [0, 0.05) is 54.6 Å². The van der Waals surface area contributed by atoms with E-state index in [0.29, 0.717) is 12.1 Å². The fourth-order valence-electron chi connectivity index (χ4n) is 1.43. The molecule has 3 heteroatoms. The van der Waals surface area contributed by atoms with Gasteiger partial charge >= 0.3 is 0 Å². The SMILES string of the molecule is CC(C)N1CCN(I)[C@@H](C)C1. The van der Waals surface area contributed by atoms with Crippen LogP contribution in [-0.4, -0.2) is 39.7 Å². The number of nitrogens with zero attached hydrogens (tertiary/aromatic N) is 2. The maximum Gasteiger partial charge on any atom is 0.0293 e. The summed E-state index contributed by atoms with van der Waals surface area (Å²) in [5, 5.41) is 0. The van der Waals surface area contributed by atoms with Gasteiger partial charge in [-0.05, 0) is 20.8 Å². The summed E-state index contributed by atoms with van der Waals surface area (Å²) < 4.78 is 2.40. The highest BCUT2D eigenvalue weighted by Gasteiger charge is 2.22. The number of hydrogen-bond acceptors (Lipinski definition) is 2. The molecule has 0 aliphatic carbocycles. The monoisotopic (exact) mass is 268 g/mol. The molecule has 1 rings (SSSR count). The quantitative estimate of drug-likeness (QED) is 0.528. The molecule has 1 heterocycles. The zero-order chi connectivity index (χ0) is 8.43. The smallest absolute Gasteiger partial charge is 0.0293 e. The number of halogens is 1. The standard InChI is InChI=1S/C8H17IN2/c1-7(2)10-4-5-11(9)8(3)6-10/h7-8H,4-6H2,1-3H3/t8-/m0/s1. The average Bonchev–Trinajstić information content (AvgIpc) is 1.94. The highest BCUT2D eigenvalue weighted by atomic mass is 127. The highest BCUT2D eigenvalue weighted by molar-refractivity contribution is 14.1. The van der Waals surface area contributed by atoms with Gasteiger partial charge in [0.15, 0.2) is 0 Å². The fraction of sp³-hybridized carbons (Fsp3) is 1.00. The number of piperazine rings is 1. The molecule has 0 aromatic rings. The zero-order valence-corrected chi connectivity index (χ0v) is 9.71. The summed E-state index contributed by atoms with van der Waals surface area (Å²) in [7, 11) is 0. The lowest BCUT2D eigenvalue weighted by Crippen LogP contribution is -2.50. The van der Waals surface area contributed by atoms with Crippen LogP contribution < -0.4 is 0 Å². The first-order chi connectivity index (χ1) is 5.11. The van der Waals surface area contributed by atoms with Crippen LogP contribution in [0.1, 0.15) is 20.8 Å². The molecule has 0 aromatic heterocycles. The second kappa shape index (κ2) is 4.05. The molecule has 0 spiro atoms. The lowest BCUT2D eigenvalue weighted by Gasteiger charge is -2.38. The van der Waals surface area contributed by atoms with Gasteiger partial charge in [0.05, 0.1) is 0 Å². The van der Waals surface area contributed by atoms with Crippen molar-refractivity contribution in [3.05, 3.63) is 0 Å². The molecule has 0 saturated carbocycles. The molecule has 1 saturated heterocycles. The topological polar surface area (TPSA) is 6.48 Å². The second-order valence-corrected chi connectivity index (χ2v) is 4.80. The van der Waals surface area contributed by atoms with Crippen molar-refractivity contribution in [2.24, 2.45) is 0 Å².